The number of carbonyl (C=O) groups excluding carboxylic acids is 1. The number of nitrogens with zero attached hydrogens (tertiary/aromatic N) is 2. The van der Waals surface area contributed by atoms with E-state index in [1.807, 2.05) is 42.3 Å². The van der Waals surface area contributed by atoms with Crippen molar-refractivity contribution in [2.45, 2.75) is 72.4 Å². The van der Waals surface area contributed by atoms with Gasteiger partial charge in [-0.25, -0.2) is 0 Å². The second kappa shape index (κ2) is 12.4. The van der Waals surface area contributed by atoms with Gasteiger partial charge < -0.3 is 10.6 Å². The summed E-state index contributed by atoms with van der Waals surface area (Å²) in [6.07, 6.45) is 8.09. The topological polar surface area (TPSA) is 59.0 Å². The predicted octanol–water partition coefficient (Wildman–Crippen LogP) is 5.14. The normalized spacial score (nSPS) is 13.2. The Morgan fingerprint density at radius 3 is 2.48 bits per heavy atom. The van der Waals surface area contributed by atoms with Crippen LogP contribution in [0.2, 0.25) is 0 Å². The molecule has 0 aliphatic carbocycles. The molecule has 0 amide bonds. The Kier molecular flexibility index (Phi) is 10.7. The quantitative estimate of drug-likeness (QED) is 0.573. The van der Waals surface area contributed by atoms with E-state index in [0.717, 1.165) is 42.8 Å². The Labute approximate surface area is 177 Å². The number of benzene rings is 1. The van der Waals surface area contributed by atoms with Crippen molar-refractivity contribution < 1.29 is 4.79 Å². The Bertz CT molecular complexity index is 718. The highest BCUT2D eigenvalue weighted by molar-refractivity contribution is 5.74. The van der Waals surface area contributed by atoms with Crippen LogP contribution in [0.1, 0.15) is 70.3 Å². The largest absolute Gasteiger partial charge is 0.386 e. The third kappa shape index (κ3) is 9.75. The monoisotopic (exact) mass is 400 g/mol. The molecular weight excluding hydrogens is 360 g/mol. The standard InChI is InChI=1S/C16H25NO.C8H15N3/c1-4-13(2)11-17-14(3)8-9-15-6-5-7-16(10-15)12-18;1-8(2,3)11-6-7(9-4)5-10-11/h5-7,10,12-14,17H,4,8-9,11H2,1-3H3;5-6,9H,1-4H3. The van der Waals surface area contributed by atoms with E-state index < -0.39 is 0 Å². The van der Waals surface area contributed by atoms with Crippen LogP contribution in [-0.2, 0) is 12.0 Å². The van der Waals surface area contributed by atoms with E-state index >= 15 is 0 Å². The molecular formula is C24H40N4O. The maximum atomic E-state index is 10.7. The molecule has 0 aliphatic rings. The Hall–Kier alpha value is -2.14. The third-order valence-corrected chi connectivity index (χ3v) is 5.02. The number of hydrogen-bond donors (Lipinski definition) is 2. The van der Waals surface area contributed by atoms with E-state index in [9.17, 15) is 4.79 Å². The van der Waals surface area contributed by atoms with Crippen molar-refractivity contribution >= 4 is 12.0 Å². The molecule has 0 aliphatic heterocycles. The van der Waals surface area contributed by atoms with Gasteiger partial charge in [-0.2, -0.15) is 5.10 Å². The fourth-order valence-electron chi connectivity index (χ4n) is 2.67. The van der Waals surface area contributed by atoms with Crippen LogP contribution in [0.25, 0.3) is 0 Å². The van der Waals surface area contributed by atoms with Gasteiger partial charge in [0.05, 0.1) is 17.4 Å². The summed E-state index contributed by atoms with van der Waals surface area (Å²) in [6.45, 7) is 14.2. The number of rotatable bonds is 9. The van der Waals surface area contributed by atoms with Gasteiger partial charge in [-0.1, -0.05) is 38.5 Å². The first-order valence-corrected chi connectivity index (χ1v) is 10.7. The first-order valence-electron chi connectivity index (χ1n) is 10.7. The highest BCUT2D eigenvalue weighted by Crippen LogP contribution is 2.15. The van der Waals surface area contributed by atoms with Gasteiger partial charge in [0.25, 0.3) is 0 Å². The Balaban J connectivity index is 0.000000326. The molecule has 0 spiro atoms. The minimum Gasteiger partial charge on any atom is -0.386 e. The van der Waals surface area contributed by atoms with Crippen LogP contribution < -0.4 is 10.6 Å². The molecule has 162 valence electrons. The summed E-state index contributed by atoms with van der Waals surface area (Å²) in [5, 5.41) is 10.8. The summed E-state index contributed by atoms with van der Waals surface area (Å²) in [6, 6.07) is 8.40. The van der Waals surface area contributed by atoms with E-state index in [4.69, 9.17) is 0 Å². The number of aromatic nitrogens is 2. The average molecular weight is 401 g/mol. The van der Waals surface area contributed by atoms with Crippen molar-refractivity contribution in [3.63, 3.8) is 0 Å². The highest BCUT2D eigenvalue weighted by Gasteiger charge is 2.13. The molecule has 0 fully saturated rings. The summed E-state index contributed by atoms with van der Waals surface area (Å²) in [5.74, 6) is 0.742. The lowest BCUT2D eigenvalue weighted by atomic mass is 10.0. The van der Waals surface area contributed by atoms with Gasteiger partial charge in [0.1, 0.15) is 6.29 Å². The molecule has 2 aromatic rings. The Morgan fingerprint density at radius 2 is 1.97 bits per heavy atom. The number of hydrogen-bond acceptors (Lipinski definition) is 4. The first-order chi connectivity index (χ1) is 13.7. The van der Waals surface area contributed by atoms with Gasteiger partial charge in [-0.15, -0.1) is 0 Å². The summed E-state index contributed by atoms with van der Waals surface area (Å²) < 4.78 is 1.94. The van der Waals surface area contributed by atoms with Crippen LogP contribution >= 0.6 is 0 Å². The van der Waals surface area contributed by atoms with Gasteiger partial charge >= 0.3 is 0 Å². The first kappa shape index (κ1) is 24.9. The fraction of sp³-hybridized carbons (Fsp3) is 0.583. The smallest absolute Gasteiger partial charge is 0.150 e. The van der Waals surface area contributed by atoms with Crippen molar-refractivity contribution in [1.29, 1.82) is 0 Å². The van der Waals surface area contributed by atoms with Gasteiger partial charge in [0, 0.05) is 24.8 Å². The van der Waals surface area contributed by atoms with E-state index in [2.05, 4.69) is 63.3 Å². The molecule has 5 heteroatoms. The van der Waals surface area contributed by atoms with Crippen molar-refractivity contribution in [3.8, 4) is 0 Å². The molecule has 5 nitrogen and oxygen atoms in total. The zero-order valence-electron chi connectivity index (χ0n) is 19.3. The van der Waals surface area contributed by atoms with Crippen LogP contribution in [0.15, 0.2) is 36.7 Å². The molecule has 1 aromatic carbocycles. The molecule has 2 rings (SSSR count). The molecule has 2 atom stereocenters. The summed E-state index contributed by atoms with van der Waals surface area (Å²) in [7, 11) is 1.89. The van der Waals surface area contributed by atoms with Crippen LogP contribution in [0, 0.1) is 5.92 Å². The van der Waals surface area contributed by atoms with Crippen LogP contribution in [0.5, 0.6) is 0 Å². The number of aldehydes is 1. The lowest BCUT2D eigenvalue weighted by Gasteiger charge is -2.18. The average Bonchev–Trinajstić information content (AvgIpc) is 3.21. The molecule has 29 heavy (non-hydrogen) atoms. The minimum absolute atomic E-state index is 0.0785. The van der Waals surface area contributed by atoms with Crippen molar-refractivity contribution in [2.24, 2.45) is 5.92 Å². The third-order valence-electron chi connectivity index (χ3n) is 5.02. The summed E-state index contributed by atoms with van der Waals surface area (Å²) in [4.78, 5) is 10.7. The fourth-order valence-corrected chi connectivity index (χ4v) is 2.67. The second-order valence-electron chi connectivity index (χ2n) is 8.82. The number of nitrogens with one attached hydrogen (secondary N) is 2. The number of aryl methyl sites for hydroxylation is 1. The van der Waals surface area contributed by atoms with E-state index in [0.29, 0.717) is 6.04 Å². The number of carbonyl (C=O) groups is 1. The molecule has 1 heterocycles. The van der Waals surface area contributed by atoms with Gasteiger partial charge in [-0.3, -0.25) is 9.48 Å². The van der Waals surface area contributed by atoms with E-state index in [1.165, 1.54) is 12.0 Å². The highest BCUT2D eigenvalue weighted by atomic mass is 16.1. The predicted molar refractivity (Wildman–Crippen MR) is 124 cm³/mol. The van der Waals surface area contributed by atoms with Gasteiger partial charge in [0.15, 0.2) is 0 Å². The molecule has 0 bridgehead atoms. The Morgan fingerprint density at radius 1 is 1.24 bits per heavy atom. The zero-order chi connectivity index (χ0) is 21.9. The summed E-state index contributed by atoms with van der Waals surface area (Å²) >= 11 is 0. The van der Waals surface area contributed by atoms with E-state index in [-0.39, 0.29) is 5.54 Å². The lowest BCUT2D eigenvalue weighted by Crippen LogP contribution is -2.30. The van der Waals surface area contributed by atoms with Gasteiger partial charge in [-0.05, 0) is 64.6 Å². The SMILES string of the molecule is CCC(C)CNC(C)CCc1cccc(C=O)c1.CNc1cnn(C(C)(C)C)c1. The molecule has 1 aromatic heterocycles. The number of anilines is 1. The minimum atomic E-state index is 0.0785. The van der Waals surface area contributed by atoms with Crippen molar-refractivity contribution in [1.82, 2.24) is 15.1 Å². The maximum absolute atomic E-state index is 10.7. The molecule has 0 saturated heterocycles. The second-order valence-corrected chi connectivity index (χ2v) is 8.82. The van der Waals surface area contributed by atoms with Crippen LogP contribution in [0.4, 0.5) is 5.69 Å². The summed E-state index contributed by atoms with van der Waals surface area (Å²) in [5.41, 5.74) is 3.15. The van der Waals surface area contributed by atoms with Crippen LogP contribution in [-0.4, -0.2) is 35.7 Å². The molecule has 0 saturated carbocycles. The molecule has 2 unspecified atom stereocenters. The lowest BCUT2D eigenvalue weighted by molar-refractivity contribution is 0.112. The van der Waals surface area contributed by atoms with Crippen LogP contribution in [0.3, 0.4) is 0 Å². The zero-order valence-corrected chi connectivity index (χ0v) is 19.3. The van der Waals surface area contributed by atoms with E-state index in [1.54, 1.807) is 0 Å². The molecule has 2 N–H and O–H groups in total. The maximum Gasteiger partial charge on any atom is 0.150 e. The van der Waals surface area contributed by atoms with Crippen molar-refractivity contribution in [2.75, 3.05) is 18.9 Å². The molecule has 0 radical (unpaired) electrons. The van der Waals surface area contributed by atoms with Gasteiger partial charge in [0.2, 0.25) is 0 Å². The van der Waals surface area contributed by atoms with Crippen molar-refractivity contribution in [3.05, 3.63) is 47.8 Å².